The lowest BCUT2D eigenvalue weighted by Crippen LogP contribution is -2.31. The maximum absolute atomic E-state index is 12.5. The molecule has 0 saturated heterocycles. The number of nitrogens with zero attached hydrogens (tertiary/aromatic N) is 3. The number of fused-ring (bicyclic) bond motifs is 1. The minimum atomic E-state index is -0.607. The largest absolute Gasteiger partial charge is 0.445 e. The Balaban J connectivity index is 1.65. The molecule has 2 aromatic rings. The molecule has 1 aliphatic heterocycles. The van der Waals surface area contributed by atoms with Crippen LogP contribution in [0.15, 0.2) is 24.3 Å². The van der Waals surface area contributed by atoms with Crippen molar-refractivity contribution >= 4 is 6.09 Å². The summed E-state index contributed by atoms with van der Waals surface area (Å²) < 4.78 is 7.38. The van der Waals surface area contributed by atoms with E-state index in [-0.39, 0.29) is 12.7 Å². The smallest absolute Gasteiger partial charge is 0.410 e. The van der Waals surface area contributed by atoms with Gasteiger partial charge in [-0.05, 0) is 38.8 Å². The first-order chi connectivity index (χ1) is 11.9. The van der Waals surface area contributed by atoms with Crippen LogP contribution in [-0.2, 0) is 24.4 Å². The summed E-state index contributed by atoms with van der Waals surface area (Å²) in [6, 6.07) is 8.03. The number of benzene rings is 1. The summed E-state index contributed by atoms with van der Waals surface area (Å²) in [5.41, 5.74) is 4.89. The number of aryl methyl sites for hydroxylation is 3. The van der Waals surface area contributed by atoms with Gasteiger partial charge in [0.05, 0.1) is 24.0 Å². The molecule has 1 unspecified atom stereocenters. The van der Waals surface area contributed by atoms with Crippen LogP contribution < -0.4 is 0 Å². The summed E-state index contributed by atoms with van der Waals surface area (Å²) >= 11 is 0. The topological polar surface area (TPSA) is 67.6 Å². The highest BCUT2D eigenvalue weighted by Crippen LogP contribution is 2.19. The maximum Gasteiger partial charge on any atom is 0.410 e. The Morgan fingerprint density at radius 2 is 1.96 bits per heavy atom. The van der Waals surface area contributed by atoms with Crippen molar-refractivity contribution in [2.24, 2.45) is 0 Å². The lowest BCUT2D eigenvalue weighted by molar-refractivity contribution is 0.0941. The number of hydrogen-bond acceptors (Lipinski definition) is 4. The van der Waals surface area contributed by atoms with Gasteiger partial charge in [0.25, 0.3) is 0 Å². The van der Waals surface area contributed by atoms with E-state index < -0.39 is 6.10 Å². The third kappa shape index (κ3) is 4.20. The fourth-order valence-corrected chi connectivity index (χ4v) is 3.23. The SMILES string of the molecule is Cc1cc(C)cc(COC(=O)N2CCCn3nc(C(C)O)cc3C2)c1. The summed E-state index contributed by atoms with van der Waals surface area (Å²) in [5, 5.41) is 14.1. The number of hydrogen-bond donors (Lipinski definition) is 1. The van der Waals surface area contributed by atoms with Crippen LogP contribution in [0.5, 0.6) is 0 Å². The van der Waals surface area contributed by atoms with Crippen molar-refractivity contribution in [1.29, 1.82) is 0 Å². The van der Waals surface area contributed by atoms with Gasteiger partial charge in [0, 0.05) is 13.1 Å². The average Bonchev–Trinajstić information content (AvgIpc) is 2.84. The second-order valence-corrected chi connectivity index (χ2v) is 6.79. The van der Waals surface area contributed by atoms with Crippen LogP contribution in [0.3, 0.4) is 0 Å². The molecule has 1 N–H and O–H groups in total. The van der Waals surface area contributed by atoms with Crippen LogP contribution in [0.4, 0.5) is 4.79 Å². The molecular formula is C19H25N3O3. The molecular weight excluding hydrogens is 318 g/mol. The highest BCUT2D eigenvalue weighted by molar-refractivity contribution is 5.67. The zero-order valence-electron chi connectivity index (χ0n) is 15.0. The van der Waals surface area contributed by atoms with Crippen molar-refractivity contribution in [2.75, 3.05) is 6.54 Å². The zero-order chi connectivity index (χ0) is 18.0. The molecule has 0 aliphatic carbocycles. The quantitative estimate of drug-likeness (QED) is 0.930. The van der Waals surface area contributed by atoms with E-state index >= 15 is 0 Å². The molecule has 25 heavy (non-hydrogen) atoms. The van der Waals surface area contributed by atoms with Crippen LogP contribution in [0.25, 0.3) is 0 Å². The van der Waals surface area contributed by atoms with Crippen LogP contribution in [0.1, 0.15) is 47.5 Å². The molecule has 0 fully saturated rings. The zero-order valence-corrected chi connectivity index (χ0v) is 15.0. The van der Waals surface area contributed by atoms with Crippen molar-refractivity contribution in [2.45, 2.75) is 53.0 Å². The Morgan fingerprint density at radius 1 is 1.24 bits per heavy atom. The van der Waals surface area contributed by atoms with Gasteiger partial charge in [-0.1, -0.05) is 29.3 Å². The van der Waals surface area contributed by atoms with Crippen LogP contribution in [0, 0.1) is 13.8 Å². The number of rotatable bonds is 3. The predicted molar refractivity (Wildman–Crippen MR) is 94.0 cm³/mol. The van der Waals surface area contributed by atoms with Gasteiger partial charge in [-0.15, -0.1) is 0 Å². The fourth-order valence-electron chi connectivity index (χ4n) is 3.23. The Bertz CT molecular complexity index is 747. The van der Waals surface area contributed by atoms with E-state index in [1.54, 1.807) is 11.8 Å². The number of carbonyl (C=O) groups is 1. The summed E-state index contributed by atoms with van der Waals surface area (Å²) in [5.74, 6) is 0. The number of carbonyl (C=O) groups excluding carboxylic acids is 1. The minimum absolute atomic E-state index is 0.274. The first-order valence-corrected chi connectivity index (χ1v) is 8.66. The first-order valence-electron chi connectivity index (χ1n) is 8.66. The number of amides is 1. The summed E-state index contributed by atoms with van der Waals surface area (Å²) in [7, 11) is 0. The second kappa shape index (κ2) is 7.27. The van der Waals surface area contributed by atoms with E-state index in [0.717, 1.165) is 35.3 Å². The molecule has 0 saturated carbocycles. The van der Waals surface area contributed by atoms with Gasteiger partial charge in [-0.25, -0.2) is 4.79 Å². The third-order valence-electron chi connectivity index (χ3n) is 4.36. The van der Waals surface area contributed by atoms with E-state index in [9.17, 15) is 9.90 Å². The molecule has 0 spiro atoms. The predicted octanol–water partition coefficient (Wildman–Crippen LogP) is 3.10. The van der Waals surface area contributed by atoms with Crippen molar-refractivity contribution in [3.63, 3.8) is 0 Å². The van der Waals surface area contributed by atoms with E-state index in [1.165, 1.54) is 0 Å². The van der Waals surface area contributed by atoms with Crippen LogP contribution in [0.2, 0.25) is 0 Å². The van der Waals surface area contributed by atoms with Gasteiger partial charge in [0.2, 0.25) is 0 Å². The van der Waals surface area contributed by atoms with Crippen molar-refractivity contribution in [3.8, 4) is 0 Å². The molecule has 6 heteroatoms. The molecule has 2 heterocycles. The highest BCUT2D eigenvalue weighted by Gasteiger charge is 2.22. The molecule has 6 nitrogen and oxygen atoms in total. The van der Waals surface area contributed by atoms with Crippen LogP contribution >= 0.6 is 0 Å². The maximum atomic E-state index is 12.5. The van der Waals surface area contributed by atoms with Crippen molar-refractivity contribution < 1.29 is 14.6 Å². The molecule has 134 valence electrons. The number of ether oxygens (including phenoxy) is 1. The lowest BCUT2D eigenvalue weighted by atomic mass is 10.1. The van der Waals surface area contributed by atoms with Crippen molar-refractivity contribution in [3.05, 3.63) is 52.3 Å². The second-order valence-electron chi connectivity index (χ2n) is 6.79. The minimum Gasteiger partial charge on any atom is -0.445 e. The average molecular weight is 343 g/mol. The fraction of sp³-hybridized carbons (Fsp3) is 0.474. The standard InChI is InChI=1S/C19H25N3O3/c1-13-7-14(2)9-16(8-13)12-25-19(24)21-5-4-6-22-17(11-21)10-18(20-22)15(3)23/h7-10,15,23H,4-6,11-12H2,1-3H3. The summed E-state index contributed by atoms with van der Waals surface area (Å²) in [6.45, 7) is 7.86. The summed E-state index contributed by atoms with van der Waals surface area (Å²) in [4.78, 5) is 14.2. The molecule has 1 aromatic heterocycles. The van der Waals surface area contributed by atoms with Gasteiger partial charge >= 0.3 is 6.09 Å². The molecule has 0 bridgehead atoms. The molecule has 3 rings (SSSR count). The lowest BCUT2D eigenvalue weighted by Gasteiger charge is -2.19. The number of aromatic nitrogens is 2. The Labute approximate surface area is 148 Å². The van der Waals surface area contributed by atoms with Gasteiger partial charge < -0.3 is 14.7 Å². The molecule has 1 amide bonds. The van der Waals surface area contributed by atoms with E-state index in [2.05, 4.69) is 11.2 Å². The van der Waals surface area contributed by atoms with Gasteiger partial charge in [0.1, 0.15) is 6.61 Å². The van der Waals surface area contributed by atoms with E-state index in [1.807, 2.05) is 36.7 Å². The van der Waals surface area contributed by atoms with Gasteiger partial charge in [0.15, 0.2) is 0 Å². The summed E-state index contributed by atoms with van der Waals surface area (Å²) in [6.07, 6.45) is -0.108. The highest BCUT2D eigenvalue weighted by atomic mass is 16.6. The Morgan fingerprint density at radius 3 is 2.64 bits per heavy atom. The normalized spacial score (nSPS) is 15.4. The molecule has 1 atom stereocenters. The molecule has 1 aliphatic rings. The first kappa shape index (κ1) is 17.5. The van der Waals surface area contributed by atoms with Gasteiger partial charge in [-0.2, -0.15) is 5.10 Å². The molecule has 1 aromatic carbocycles. The van der Waals surface area contributed by atoms with Crippen LogP contribution in [-0.4, -0.2) is 32.4 Å². The monoisotopic (exact) mass is 343 g/mol. The molecule has 0 radical (unpaired) electrons. The van der Waals surface area contributed by atoms with Gasteiger partial charge in [-0.3, -0.25) is 4.68 Å². The van der Waals surface area contributed by atoms with E-state index in [4.69, 9.17) is 4.74 Å². The third-order valence-corrected chi connectivity index (χ3v) is 4.36. The Kier molecular flexibility index (Phi) is 5.08. The number of aliphatic hydroxyl groups excluding tert-OH is 1. The number of aliphatic hydroxyl groups is 1. The van der Waals surface area contributed by atoms with E-state index in [0.29, 0.717) is 18.8 Å². The van der Waals surface area contributed by atoms with Crippen molar-refractivity contribution in [1.82, 2.24) is 14.7 Å². The Hall–Kier alpha value is -2.34.